The number of nitrogens with two attached hydrogens (primary N) is 1. The van der Waals surface area contributed by atoms with E-state index in [9.17, 15) is 0 Å². The maximum Gasteiger partial charge on any atom is 0.0579 e. The molecule has 0 radical (unpaired) electrons. The molecule has 0 aromatic heterocycles. The molecule has 4 aromatic rings. The van der Waals surface area contributed by atoms with Gasteiger partial charge in [0, 0.05) is 18.0 Å². The summed E-state index contributed by atoms with van der Waals surface area (Å²) >= 11 is 0. The van der Waals surface area contributed by atoms with E-state index in [0.29, 0.717) is 0 Å². The molecule has 31 heavy (non-hydrogen) atoms. The van der Waals surface area contributed by atoms with Gasteiger partial charge >= 0.3 is 0 Å². The van der Waals surface area contributed by atoms with Gasteiger partial charge in [-0.05, 0) is 29.2 Å². The van der Waals surface area contributed by atoms with E-state index in [2.05, 4.69) is 134 Å². The molecule has 0 aliphatic heterocycles. The third-order valence-corrected chi connectivity index (χ3v) is 5.97. The van der Waals surface area contributed by atoms with E-state index in [0.717, 1.165) is 0 Å². The van der Waals surface area contributed by atoms with Crippen LogP contribution >= 0.6 is 0 Å². The monoisotopic (exact) mass is 406 g/mol. The molecule has 4 aromatic carbocycles. The largest absolute Gasteiger partial charge is 0.326 e. The summed E-state index contributed by atoms with van der Waals surface area (Å²) in [7, 11) is 0. The Kier molecular flexibility index (Phi) is 6.93. The molecule has 0 aliphatic carbocycles. The number of rotatable bonds is 8. The summed E-state index contributed by atoms with van der Waals surface area (Å²) in [6, 6.07) is 42.4. The van der Waals surface area contributed by atoms with Crippen LogP contribution in [0.25, 0.3) is 0 Å². The Bertz CT molecular complexity index is 954. The van der Waals surface area contributed by atoms with Crippen LogP contribution in [0.2, 0.25) is 0 Å². The summed E-state index contributed by atoms with van der Waals surface area (Å²) in [5.41, 5.74) is 11.9. The molecular formula is C29H30N2. The Labute approximate surface area is 185 Å². The molecule has 0 fully saturated rings. The van der Waals surface area contributed by atoms with Gasteiger partial charge in [0.2, 0.25) is 0 Å². The third kappa shape index (κ3) is 5.11. The zero-order chi connectivity index (χ0) is 21.5. The van der Waals surface area contributed by atoms with Crippen molar-refractivity contribution >= 4 is 0 Å². The van der Waals surface area contributed by atoms with Crippen molar-refractivity contribution in [2.24, 2.45) is 5.73 Å². The van der Waals surface area contributed by atoms with Crippen molar-refractivity contribution in [3.05, 3.63) is 144 Å². The molecule has 2 unspecified atom stereocenters. The second-order valence-electron chi connectivity index (χ2n) is 8.09. The summed E-state index contributed by atoms with van der Waals surface area (Å²) in [5, 5.41) is 3.84. The van der Waals surface area contributed by atoms with Crippen LogP contribution in [0.15, 0.2) is 121 Å². The van der Waals surface area contributed by atoms with Crippen molar-refractivity contribution < 1.29 is 0 Å². The third-order valence-electron chi connectivity index (χ3n) is 5.97. The lowest BCUT2D eigenvalue weighted by atomic mass is 9.82. The first-order valence-corrected chi connectivity index (χ1v) is 11.0. The molecule has 0 amide bonds. The Hall–Kier alpha value is -3.20. The molecule has 2 atom stereocenters. The summed E-state index contributed by atoms with van der Waals surface area (Å²) < 4.78 is 0. The summed E-state index contributed by atoms with van der Waals surface area (Å²) in [5.74, 6) is 0.108. The minimum atomic E-state index is -0.0975. The van der Waals surface area contributed by atoms with E-state index >= 15 is 0 Å². The molecule has 4 rings (SSSR count). The average molecular weight is 407 g/mol. The van der Waals surface area contributed by atoms with Crippen LogP contribution in [0.4, 0.5) is 0 Å². The van der Waals surface area contributed by atoms with Gasteiger partial charge in [0.05, 0.1) is 6.04 Å². The predicted octanol–water partition coefficient (Wildman–Crippen LogP) is 5.91. The minimum absolute atomic E-state index is 0.0793. The topological polar surface area (TPSA) is 38.0 Å². The van der Waals surface area contributed by atoms with Gasteiger partial charge in [-0.15, -0.1) is 0 Å². The van der Waals surface area contributed by atoms with Crippen LogP contribution in [0.5, 0.6) is 0 Å². The van der Waals surface area contributed by atoms with E-state index in [1.165, 1.54) is 22.3 Å². The second kappa shape index (κ2) is 10.2. The van der Waals surface area contributed by atoms with Crippen molar-refractivity contribution in [3.63, 3.8) is 0 Å². The Balaban J connectivity index is 1.65. The number of hydrogen-bond donors (Lipinski definition) is 2. The van der Waals surface area contributed by atoms with Crippen molar-refractivity contribution in [2.75, 3.05) is 0 Å². The van der Waals surface area contributed by atoms with Crippen molar-refractivity contribution in [2.45, 2.75) is 31.0 Å². The van der Waals surface area contributed by atoms with E-state index in [-0.39, 0.29) is 24.0 Å². The molecule has 0 bridgehead atoms. The molecule has 0 heterocycles. The summed E-state index contributed by atoms with van der Waals surface area (Å²) in [4.78, 5) is 0. The molecule has 0 aliphatic rings. The SMILES string of the molecule is CC(NC(c1ccccc1)c1ccccc1)C(N)C(c1ccccc1)c1ccccc1. The van der Waals surface area contributed by atoms with Gasteiger partial charge in [-0.25, -0.2) is 0 Å². The molecular weight excluding hydrogens is 376 g/mol. The normalized spacial score (nSPS) is 13.3. The number of hydrogen-bond acceptors (Lipinski definition) is 2. The lowest BCUT2D eigenvalue weighted by molar-refractivity contribution is 0.401. The predicted molar refractivity (Wildman–Crippen MR) is 130 cm³/mol. The molecule has 0 saturated carbocycles. The highest BCUT2D eigenvalue weighted by Crippen LogP contribution is 2.30. The van der Waals surface area contributed by atoms with E-state index in [1.807, 2.05) is 0 Å². The zero-order valence-electron chi connectivity index (χ0n) is 17.9. The minimum Gasteiger partial charge on any atom is -0.326 e. The van der Waals surface area contributed by atoms with Crippen LogP contribution < -0.4 is 11.1 Å². The van der Waals surface area contributed by atoms with Crippen LogP contribution in [0.3, 0.4) is 0 Å². The van der Waals surface area contributed by atoms with E-state index < -0.39 is 0 Å². The van der Waals surface area contributed by atoms with Crippen molar-refractivity contribution in [3.8, 4) is 0 Å². The number of nitrogens with one attached hydrogen (secondary N) is 1. The van der Waals surface area contributed by atoms with Crippen molar-refractivity contribution in [1.29, 1.82) is 0 Å². The van der Waals surface area contributed by atoms with E-state index in [4.69, 9.17) is 5.73 Å². The Morgan fingerprint density at radius 1 is 0.516 bits per heavy atom. The van der Waals surface area contributed by atoms with Crippen LogP contribution in [-0.2, 0) is 0 Å². The van der Waals surface area contributed by atoms with Gasteiger partial charge in [-0.3, -0.25) is 0 Å². The maximum atomic E-state index is 6.97. The summed E-state index contributed by atoms with van der Waals surface area (Å²) in [6.45, 7) is 2.20. The Morgan fingerprint density at radius 3 is 1.19 bits per heavy atom. The van der Waals surface area contributed by atoms with Gasteiger partial charge < -0.3 is 11.1 Å². The van der Waals surface area contributed by atoms with Gasteiger partial charge in [-0.2, -0.15) is 0 Å². The number of benzene rings is 4. The van der Waals surface area contributed by atoms with Gasteiger partial charge in [-0.1, -0.05) is 121 Å². The van der Waals surface area contributed by atoms with Gasteiger partial charge in [0.1, 0.15) is 0 Å². The summed E-state index contributed by atoms with van der Waals surface area (Å²) in [6.07, 6.45) is 0. The standard InChI is InChI=1S/C29H30N2/c1-22(31-29(25-18-10-4-11-19-25)26-20-12-5-13-21-26)28(30)27(23-14-6-2-7-15-23)24-16-8-3-9-17-24/h2-22,27-29,31H,30H2,1H3. The molecule has 2 nitrogen and oxygen atoms in total. The van der Waals surface area contributed by atoms with E-state index in [1.54, 1.807) is 0 Å². The van der Waals surface area contributed by atoms with Crippen LogP contribution in [0.1, 0.15) is 41.1 Å². The molecule has 3 N–H and O–H groups in total. The fourth-order valence-corrected chi connectivity index (χ4v) is 4.30. The quantitative estimate of drug-likeness (QED) is 0.381. The fraction of sp³-hybridized carbons (Fsp3) is 0.172. The smallest absolute Gasteiger partial charge is 0.0579 e. The highest BCUT2D eigenvalue weighted by Gasteiger charge is 2.28. The first kappa shape index (κ1) is 21.0. The van der Waals surface area contributed by atoms with Crippen molar-refractivity contribution in [1.82, 2.24) is 5.32 Å². The highest BCUT2D eigenvalue weighted by atomic mass is 15.0. The fourth-order valence-electron chi connectivity index (χ4n) is 4.30. The lowest BCUT2D eigenvalue weighted by Gasteiger charge is -2.33. The highest BCUT2D eigenvalue weighted by molar-refractivity contribution is 5.36. The second-order valence-corrected chi connectivity index (χ2v) is 8.09. The lowest BCUT2D eigenvalue weighted by Crippen LogP contribution is -2.48. The maximum absolute atomic E-state index is 6.97. The molecule has 0 spiro atoms. The van der Waals surface area contributed by atoms with Gasteiger partial charge in [0.15, 0.2) is 0 Å². The Morgan fingerprint density at radius 2 is 0.839 bits per heavy atom. The first-order valence-electron chi connectivity index (χ1n) is 11.0. The van der Waals surface area contributed by atoms with Gasteiger partial charge in [0.25, 0.3) is 0 Å². The van der Waals surface area contributed by atoms with Crippen LogP contribution in [-0.4, -0.2) is 12.1 Å². The first-order chi connectivity index (χ1) is 15.2. The average Bonchev–Trinajstić information content (AvgIpc) is 2.85. The zero-order valence-corrected chi connectivity index (χ0v) is 17.9. The molecule has 0 saturated heterocycles. The molecule has 156 valence electrons. The molecule has 2 heteroatoms. The van der Waals surface area contributed by atoms with Crippen LogP contribution in [0, 0.1) is 0 Å².